The molecule has 0 spiro atoms. The third-order valence-electron chi connectivity index (χ3n) is 4.19. The first-order chi connectivity index (χ1) is 12.5. The van der Waals surface area contributed by atoms with E-state index in [1.807, 2.05) is 6.92 Å². The molecule has 136 valence electrons. The van der Waals surface area contributed by atoms with E-state index in [1.54, 1.807) is 31.5 Å². The number of ketones is 1. The fraction of sp³-hybridized carbons (Fsp3) is 0.333. The highest BCUT2D eigenvalue weighted by Crippen LogP contribution is 2.39. The predicted octanol–water partition coefficient (Wildman–Crippen LogP) is 2.38. The number of aryl methyl sites for hydroxylation is 2. The Morgan fingerprint density at radius 1 is 1.42 bits per heavy atom. The summed E-state index contributed by atoms with van der Waals surface area (Å²) in [4.78, 5) is 36.0. The van der Waals surface area contributed by atoms with Crippen LogP contribution in [-0.4, -0.2) is 51.9 Å². The van der Waals surface area contributed by atoms with Gasteiger partial charge >= 0.3 is 0 Å². The zero-order valence-electron chi connectivity index (χ0n) is 14.7. The largest absolute Gasteiger partial charge is 0.503 e. The van der Waals surface area contributed by atoms with Crippen LogP contribution in [-0.2, 0) is 9.53 Å². The molecule has 3 heterocycles. The van der Waals surface area contributed by atoms with Gasteiger partial charge in [0.2, 0.25) is 5.78 Å². The summed E-state index contributed by atoms with van der Waals surface area (Å²) in [6, 6.07) is 2.80. The lowest BCUT2D eigenvalue weighted by molar-refractivity contribution is -0.130. The topological polar surface area (TPSA) is 92.6 Å². The van der Waals surface area contributed by atoms with Crippen LogP contribution >= 0.6 is 11.3 Å². The lowest BCUT2D eigenvalue weighted by atomic mass is 9.96. The second kappa shape index (κ2) is 7.35. The smallest absolute Gasteiger partial charge is 0.290 e. The molecule has 1 atom stereocenters. The number of Topliss-reactive ketones (excluding diaryl/α,β-unsaturated/α-hetero) is 1. The fourth-order valence-corrected chi connectivity index (χ4v) is 3.93. The average molecular weight is 373 g/mol. The summed E-state index contributed by atoms with van der Waals surface area (Å²) in [5.41, 5.74) is 1.31. The molecular weight excluding hydrogens is 354 g/mol. The minimum absolute atomic E-state index is 0.0610. The van der Waals surface area contributed by atoms with E-state index in [9.17, 15) is 14.7 Å². The number of nitrogens with zero attached hydrogens (tertiary/aromatic N) is 3. The Labute approximate surface area is 155 Å². The number of rotatable bonds is 6. The van der Waals surface area contributed by atoms with Gasteiger partial charge in [-0.2, -0.15) is 0 Å². The van der Waals surface area contributed by atoms with E-state index < -0.39 is 17.7 Å². The number of hydrogen-bond donors (Lipinski definition) is 1. The number of carbonyl (C=O) groups excluding carboxylic acids is 2. The van der Waals surface area contributed by atoms with Crippen molar-refractivity contribution in [2.24, 2.45) is 0 Å². The van der Waals surface area contributed by atoms with Crippen molar-refractivity contribution in [2.75, 3.05) is 20.3 Å². The quantitative estimate of drug-likeness (QED) is 0.782. The van der Waals surface area contributed by atoms with Gasteiger partial charge in [-0.05, 0) is 25.5 Å². The molecule has 1 unspecified atom stereocenters. The van der Waals surface area contributed by atoms with Crippen molar-refractivity contribution < 1.29 is 19.4 Å². The number of amides is 1. The Kier molecular flexibility index (Phi) is 5.15. The second-order valence-electron chi connectivity index (χ2n) is 5.92. The molecule has 2 aromatic rings. The summed E-state index contributed by atoms with van der Waals surface area (Å²) in [6.45, 7) is 4.09. The molecule has 1 amide bonds. The molecule has 0 aliphatic carbocycles. The van der Waals surface area contributed by atoms with Crippen LogP contribution in [0.15, 0.2) is 35.9 Å². The van der Waals surface area contributed by atoms with E-state index in [4.69, 9.17) is 4.74 Å². The first-order valence-corrected chi connectivity index (χ1v) is 8.89. The highest BCUT2D eigenvalue weighted by molar-refractivity contribution is 7.14. The van der Waals surface area contributed by atoms with Crippen molar-refractivity contribution in [3.05, 3.63) is 57.0 Å². The summed E-state index contributed by atoms with van der Waals surface area (Å²) in [7, 11) is 1.53. The first kappa shape index (κ1) is 18.2. The highest BCUT2D eigenvalue weighted by atomic mass is 32.1. The summed E-state index contributed by atoms with van der Waals surface area (Å²) in [6.07, 6.45) is 3.20. The van der Waals surface area contributed by atoms with Gasteiger partial charge in [-0.1, -0.05) is 6.07 Å². The van der Waals surface area contributed by atoms with E-state index in [-0.39, 0.29) is 24.5 Å². The summed E-state index contributed by atoms with van der Waals surface area (Å²) in [5, 5.41) is 11.2. The Hall–Kier alpha value is -2.58. The monoisotopic (exact) mass is 373 g/mol. The average Bonchev–Trinajstić information content (AvgIpc) is 3.10. The van der Waals surface area contributed by atoms with Gasteiger partial charge < -0.3 is 14.7 Å². The van der Waals surface area contributed by atoms with Gasteiger partial charge in [0.25, 0.3) is 5.91 Å². The molecule has 1 N–H and O–H groups in total. The van der Waals surface area contributed by atoms with Crippen LogP contribution in [0.2, 0.25) is 0 Å². The molecule has 0 bridgehead atoms. The number of thiazole rings is 1. The van der Waals surface area contributed by atoms with E-state index in [2.05, 4.69) is 9.97 Å². The summed E-state index contributed by atoms with van der Waals surface area (Å²) >= 11 is 1.25. The van der Waals surface area contributed by atoms with Crippen LogP contribution in [0.25, 0.3) is 0 Å². The van der Waals surface area contributed by atoms with E-state index in [0.29, 0.717) is 16.1 Å². The third kappa shape index (κ3) is 3.13. The molecule has 0 saturated heterocycles. The molecule has 0 radical (unpaired) electrons. The third-order valence-corrected chi connectivity index (χ3v) is 5.27. The van der Waals surface area contributed by atoms with Gasteiger partial charge in [0.15, 0.2) is 5.76 Å². The van der Waals surface area contributed by atoms with Gasteiger partial charge in [-0.3, -0.25) is 14.6 Å². The van der Waals surface area contributed by atoms with Gasteiger partial charge in [-0.15, -0.1) is 11.3 Å². The minimum atomic E-state index is -0.708. The number of carbonyl (C=O) groups is 2. The second-order valence-corrected chi connectivity index (χ2v) is 7.12. The minimum Gasteiger partial charge on any atom is -0.503 e. The van der Waals surface area contributed by atoms with E-state index >= 15 is 0 Å². The molecular formula is C18H19N3O4S. The van der Waals surface area contributed by atoms with Crippen LogP contribution in [0, 0.1) is 13.8 Å². The number of hydrogen-bond acceptors (Lipinski definition) is 7. The fourth-order valence-electron chi connectivity index (χ4n) is 3.05. The van der Waals surface area contributed by atoms with E-state index in [1.165, 1.54) is 23.3 Å². The SMILES string of the molecule is COCCN1C(=O)C(O)=C(C(=O)c2sc(C)nc2C)C1c1cccnc1. The van der Waals surface area contributed by atoms with Crippen LogP contribution in [0.4, 0.5) is 0 Å². The van der Waals surface area contributed by atoms with E-state index in [0.717, 1.165) is 5.01 Å². The van der Waals surface area contributed by atoms with Crippen molar-refractivity contribution in [2.45, 2.75) is 19.9 Å². The molecule has 1 aliphatic rings. The Bertz CT molecular complexity index is 876. The predicted molar refractivity (Wildman–Crippen MR) is 96.1 cm³/mol. The van der Waals surface area contributed by atoms with Crippen molar-refractivity contribution in [3.8, 4) is 0 Å². The van der Waals surface area contributed by atoms with Crippen molar-refractivity contribution in [1.29, 1.82) is 0 Å². The Morgan fingerprint density at radius 3 is 2.77 bits per heavy atom. The molecule has 3 rings (SSSR count). The number of methoxy groups -OCH3 is 1. The normalized spacial score (nSPS) is 17.3. The number of aliphatic hydroxyl groups is 1. The van der Waals surface area contributed by atoms with Crippen LogP contribution in [0.5, 0.6) is 0 Å². The number of aromatic nitrogens is 2. The summed E-state index contributed by atoms with van der Waals surface area (Å²) < 4.78 is 5.07. The Balaban J connectivity index is 2.09. The maximum absolute atomic E-state index is 13.2. The maximum Gasteiger partial charge on any atom is 0.290 e. The zero-order valence-corrected chi connectivity index (χ0v) is 15.5. The van der Waals surface area contributed by atoms with Gasteiger partial charge in [0.1, 0.15) is 0 Å². The van der Waals surface area contributed by atoms with Crippen molar-refractivity contribution in [3.63, 3.8) is 0 Å². The van der Waals surface area contributed by atoms with Crippen molar-refractivity contribution >= 4 is 23.0 Å². The molecule has 26 heavy (non-hydrogen) atoms. The zero-order chi connectivity index (χ0) is 18.8. The molecule has 0 aromatic carbocycles. The standard InChI is InChI=1S/C18H19N3O4S/c1-10-17(26-11(2)20-10)15(22)13-14(12-5-4-6-19-9-12)21(7-8-25-3)18(24)16(13)23/h4-6,9,14,23H,7-8H2,1-3H3. The number of ether oxygens (including phenoxy) is 1. The Morgan fingerprint density at radius 2 is 2.19 bits per heavy atom. The maximum atomic E-state index is 13.2. The van der Waals surface area contributed by atoms with Gasteiger partial charge in [0.05, 0.1) is 33.8 Å². The van der Waals surface area contributed by atoms with Crippen molar-refractivity contribution in [1.82, 2.24) is 14.9 Å². The van der Waals surface area contributed by atoms with Crippen LogP contribution in [0.3, 0.4) is 0 Å². The molecule has 1 aliphatic heterocycles. The lowest BCUT2D eigenvalue weighted by Crippen LogP contribution is -2.34. The molecule has 0 fully saturated rings. The van der Waals surface area contributed by atoms with Crippen LogP contribution in [0.1, 0.15) is 32.0 Å². The number of pyridine rings is 1. The summed E-state index contributed by atoms with van der Waals surface area (Å²) in [5.74, 6) is -1.49. The molecule has 2 aromatic heterocycles. The van der Waals surface area contributed by atoms with Crippen LogP contribution < -0.4 is 0 Å². The number of aliphatic hydroxyl groups excluding tert-OH is 1. The molecule has 0 saturated carbocycles. The molecule has 8 heteroatoms. The lowest BCUT2D eigenvalue weighted by Gasteiger charge is -2.26. The molecule has 7 nitrogen and oxygen atoms in total. The van der Waals surface area contributed by atoms with Gasteiger partial charge in [0, 0.05) is 26.0 Å². The highest BCUT2D eigenvalue weighted by Gasteiger charge is 2.44. The van der Waals surface area contributed by atoms with Gasteiger partial charge in [-0.25, -0.2) is 4.98 Å². The first-order valence-electron chi connectivity index (χ1n) is 8.07.